The molecule has 0 saturated heterocycles. The molecule has 0 aliphatic heterocycles. The van der Waals surface area contributed by atoms with Crippen molar-refractivity contribution in [2.75, 3.05) is 0 Å². The molecule has 5 heteroatoms. The lowest BCUT2D eigenvalue weighted by Gasteiger charge is -2.11. The van der Waals surface area contributed by atoms with E-state index in [0.717, 1.165) is 82.8 Å². The fraction of sp³-hybridized carbons (Fsp3) is 0. The molecule has 0 saturated carbocycles. The number of nitrogens with zero attached hydrogens (tertiary/aromatic N) is 3. The van der Waals surface area contributed by atoms with Gasteiger partial charge >= 0.3 is 0 Å². The van der Waals surface area contributed by atoms with Gasteiger partial charge in [0.15, 0.2) is 17.5 Å². The second-order valence-corrected chi connectivity index (χ2v) is 14.7. The molecule has 3 aromatic heterocycles. The minimum absolute atomic E-state index is 0.574. The molecule has 0 aliphatic carbocycles. The lowest BCUT2D eigenvalue weighted by molar-refractivity contribution is 0.669. The summed E-state index contributed by atoms with van der Waals surface area (Å²) in [5, 5.41) is 9.09. The van der Waals surface area contributed by atoms with Crippen molar-refractivity contribution < 1.29 is 8.83 Å². The molecule has 12 rings (SSSR count). The minimum Gasteiger partial charge on any atom is -0.456 e. The summed E-state index contributed by atoms with van der Waals surface area (Å²) in [7, 11) is 0. The van der Waals surface area contributed by atoms with Gasteiger partial charge in [0.25, 0.3) is 0 Å². The number of para-hydroxylation sites is 2. The second kappa shape index (κ2) is 12.8. The molecular weight excluding hydrogens is 711 g/mol. The molecule has 0 unspecified atom stereocenters. The molecule has 0 fully saturated rings. The summed E-state index contributed by atoms with van der Waals surface area (Å²) in [6.07, 6.45) is 0. The van der Waals surface area contributed by atoms with Crippen LogP contribution in [0.25, 0.3) is 122 Å². The Kier molecular flexibility index (Phi) is 7.16. The van der Waals surface area contributed by atoms with Gasteiger partial charge in [-0.15, -0.1) is 0 Å². The van der Waals surface area contributed by atoms with E-state index >= 15 is 0 Å². The van der Waals surface area contributed by atoms with Crippen molar-refractivity contribution in [3.63, 3.8) is 0 Å². The Morgan fingerprint density at radius 1 is 0.293 bits per heavy atom. The molecule has 58 heavy (non-hydrogen) atoms. The summed E-state index contributed by atoms with van der Waals surface area (Å²) in [6.45, 7) is 0. The van der Waals surface area contributed by atoms with Gasteiger partial charge in [-0.05, 0) is 74.6 Å². The maximum absolute atomic E-state index is 6.50. The summed E-state index contributed by atoms with van der Waals surface area (Å²) in [4.78, 5) is 15.5. The van der Waals surface area contributed by atoms with Crippen molar-refractivity contribution in [1.82, 2.24) is 15.0 Å². The van der Waals surface area contributed by atoms with Crippen LogP contribution in [-0.4, -0.2) is 15.0 Å². The van der Waals surface area contributed by atoms with E-state index in [1.54, 1.807) is 0 Å². The second-order valence-electron chi connectivity index (χ2n) is 14.7. The summed E-state index contributed by atoms with van der Waals surface area (Å²) >= 11 is 0. The first-order valence-electron chi connectivity index (χ1n) is 19.4. The normalized spacial score (nSPS) is 11.8. The number of furan rings is 2. The lowest BCUT2D eigenvalue weighted by atomic mass is 9.96. The quantitative estimate of drug-likeness (QED) is 0.164. The minimum atomic E-state index is 0.574. The zero-order valence-electron chi connectivity index (χ0n) is 31.1. The van der Waals surface area contributed by atoms with Crippen LogP contribution < -0.4 is 0 Å². The number of rotatable bonds is 5. The molecule has 270 valence electrons. The molecule has 0 radical (unpaired) electrons. The Hall–Kier alpha value is -7.89. The van der Waals surface area contributed by atoms with Crippen LogP contribution in [-0.2, 0) is 0 Å². The summed E-state index contributed by atoms with van der Waals surface area (Å²) in [6, 6.07) is 65.2. The van der Waals surface area contributed by atoms with Gasteiger partial charge in [-0.25, -0.2) is 15.0 Å². The lowest BCUT2D eigenvalue weighted by Crippen LogP contribution is -2.00. The smallest absolute Gasteiger partial charge is 0.164 e. The topological polar surface area (TPSA) is 65.0 Å². The van der Waals surface area contributed by atoms with Crippen LogP contribution in [0.1, 0.15) is 0 Å². The van der Waals surface area contributed by atoms with Crippen LogP contribution in [0.5, 0.6) is 0 Å². The zero-order valence-corrected chi connectivity index (χ0v) is 31.1. The standard InChI is InChI=1S/C53H31N3O2/c1-2-12-34(13-3-1)51-54-52(38-15-8-14-37(29-38)40-18-9-19-42-41-17-6-7-21-46(41)58-50(40)42)56-53(55-51)43-20-10-22-48-49(43)45-31-36(27-28-47(45)57-48)35-26-25-33-24-23-32-11-4-5-16-39(32)44(33)30-35/h1-31H. The Morgan fingerprint density at radius 3 is 1.78 bits per heavy atom. The monoisotopic (exact) mass is 741 g/mol. The van der Waals surface area contributed by atoms with E-state index in [1.165, 1.54) is 21.5 Å². The van der Waals surface area contributed by atoms with E-state index < -0.39 is 0 Å². The van der Waals surface area contributed by atoms with Crippen LogP contribution in [0.3, 0.4) is 0 Å². The van der Waals surface area contributed by atoms with Crippen LogP contribution >= 0.6 is 0 Å². The Morgan fingerprint density at radius 2 is 0.879 bits per heavy atom. The first-order chi connectivity index (χ1) is 28.7. The number of fused-ring (bicyclic) bond motifs is 9. The summed E-state index contributed by atoms with van der Waals surface area (Å²) in [5.41, 5.74) is 10.3. The highest BCUT2D eigenvalue weighted by Gasteiger charge is 2.20. The van der Waals surface area contributed by atoms with Crippen LogP contribution in [0.2, 0.25) is 0 Å². The number of benzene rings is 9. The van der Waals surface area contributed by atoms with Crippen molar-refractivity contribution in [3.8, 4) is 56.4 Å². The van der Waals surface area contributed by atoms with Gasteiger partial charge in [0.1, 0.15) is 22.3 Å². The average Bonchev–Trinajstić information content (AvgIpc) is 3.87. The first-order valence-corrected chi connectivity index (χ1v) is 19.4. The van der Waals surface area contributed by atoms with E-state index in [2.05, 4.69) is 127 Å². The van der Waals surface area contributed by atoms with Gasteiger partial charge in [-0.1, -0.05) is 152 Å². The van der Waals surface area contributed by atoms with E-state index in [0.29, 0.717) is 17.5 Å². The van der Waals surface area contributed by atoms with Crippen LogP contribution in [0.4, 0.5) is 0 Å². The number of hydrogen-bond acceptors (Lipinski definition) is 5. The van der Waals surface area contributed by atoms with Gasteiger partial charge in [0.05, 0.1) is 0 Å². The summed E-state index contributed by atoms with van der Waals surface area (Å²) < 4.78 is 12.9. The van der Waals surface area contributed by atoms with Crippen molar-refractivity contribution in [2.45, 2.75) is 0 Å². The van der Waals surface area contributed by atoms with E-state index in [1.807, 2.05) is 60.7 Å². The van der Waals surface area contributed by atoms with Crippen molar-refractivity contribution in [3.05, 3.63) is 188 Å². The molecule has 5 nitrogen and oxygen atoms in total. The number of hydrogen-bond donors (Lipinski definition) is 0. The first kappa shape index (κ1) is 32.4. The molecule has 0 atom stereocenters. The zero-order chi connectivity index (χ0) is 38.2. The number of aromatic nitrogens is 3. The van der Waals surface area contributed by atoms with Gasteiger partial charge in [-0.3, -0.25) is 0 Å². The van der Waals surface area contributed by atoms with Crippen LogP contribution in [0, 0.1) is 0 Å². The van der Waals surface area contributed by atoms with Gasteiger partial charge < -0.3 is 8.83 Å². The molecule has 0 spiro atoms. The maximum Gasteiger partial charge on any atom is 0.164 e. The van der Waals surface area contributed by atoms with Crippen LogP contribution in [0.15, 0.2) is 197 Å². The van der Waals surface area contributed by atoms with Gasteiger partial charge in [0.2, 0.25) is 0 Å². The molecule has 0 amide bonds. The average molecular weight is 742 g/mol. The predicted molar refractivity (Wildman–Crippen MR) is 237 cm³/mol. The van der Waals surface area contributed by atoms with Crippen molar-refractivity contribution in [1.29, 1.82) is 0 Å². The van der Waals surface area contributed by atoms with Gasteiger partial charge in [-0.2, -0.15) is 0 Å². The van der Waals surface area contributed by atoms with Gasteiger partial charge in [0, 0.05) is 43.8 Å². The highest BCUT2D eigenvalue weighted by molar-refractivity contribution is 6.14. The molecule has 9 aromatic carbocycles. The predicted octanol–water partition coefficient (Wildman–Crippen LogP) is 14.3. The molecule has 0 N–H and O–H groups in total. The molecule has 3 heterocycles. The van der Waals surface area contributed by atoms with E-state index in [9.17, 15) is 0 Å². The fourth-order valence-electron chi connectivity index (χ4n) is 8.52. The third-order valence-corrected chi connectivity index (χ3v) is 11.3. The Labute approximate surface area is 332 Å². The molecule has 0 aliphatic rings. The largest absolute Gasteiger partial charge is 0.456 e. The van der Waals surface area contributed by atoms with E-state index in [4.69, 9.17) is 23.8 Å². The molecular formula is C53H31N3O2. The molecule has 0 bridgehead atoms. The third-order valence-electron chi connectivity index (χ3n) is 11.3. The highest BCUT2D eigenvalue weighted by Crippen LogP contribution is 2.40. The molecule has 12 aromatic rings. The Balaban J connectivity index is 1.03. The highest BCUT2D eigenvalue weighted by atomic mass is 16.3. The Bertz CT molecular complexity index is 3580. The van der Waals surface area contributed by atoms with Crippen molar-refractivity contribution in [2.24, 2.45) is 0 Å². The maximum atomic E-state index is 6.50. The summed E-state index contributed by atoms with van der Waals surface area (Å²) in [5.74, 6) is 1.75. The SMILES string of the molecule is c1ccc(-c2nc(-c3cccc(-c4cccc5c4oc4ccccc45)c3)nc(-c3cccc4oc5ccc(-c6ccc7ccc8ccccc8c7c6)cc5c34)n2)cc1. The fourth-order valence-corrected chi connectivity index (χ4v) is 8.52. The van der Waals surface area contributed by atoms with E-state index in [-0.39, 0.29) is 0 Å². The third kappa shape index (κ3) is 5.21. The van der Waals surface area contributed by atoms with Crippen molar-refractivity contribution >= 4 is 65.4 Å².